The fourth-order valence-electron chi connectivity index (χ4n) is 11.5. The van der Waals surface area contributed by atoms with Crippen LogP contribution in [0.1, 0.15) is 111 Å². The maximum atomic E-state index is 14.1. The van der Waals surface area contributed by atoms with Crippen molar-refractivity contribution < 1.29 is 38.5 Å². The van der Waals surface area contributed by atoms with Crippen molar-refractivity contribution in [2.24, 2.45) is 0 Å². The molecule has 73 heavy (non-hydrogen) atoms. The third-order valence-electron chi connectivity index (χ3n) is 15.6. The van der Waals surface area contributed by atoms with Gasteiger partial charge >= 0.3 is 37.7 Å². The summed E-state index contributed by atoms with van der Waals surface area (Å²) < 4.78 is 28.3. The number of aryl methyl sites for hydroxylation is 2. The minimum atomic E-state index is -3.04. The van der Waals surface area contributed by atoms with Gasteiger partial charge in [-0.25, -0.2) is 10.2 Å². The smallest absolute Gasteiger partial charge is 0.548 e. The summed E-state index contributed by atoms with van der Waals surface area (Å²) in [5, 5.41) is 28.5. The van der Waals surface area contributed by atoms with Gasteiger partial charge in [0.2, 0.25) is 0 Å². The summed E-state index contributed by atoms with van der Waals surface area (Å²) in [6.45, 7) is 4.58. The van der Waals surface area contributed by atoms with Gasteiger partial charge in [0.1, 0.15) is 0 Å². The van der Waals surface area contributed by atoms with Crippen molar-refractivity contribution in [3.8, 4) is 0 Å². The summed E-state index contributed by atoms with van der Waals surface area (Å²) >= 11 is 3.21. The van der Waals surface area contributed by atoms with Crippen molar-refractivity contribution >= 4 is 99.6 Å². The molecule has 0 aliphatic carbocycles. The predicted octanol–water partition coefficient (Wildman–Crippen LogP) is 7.74. The van der Waals surface area contributed by atoms with Crippen LogP contribution in [0, 0.1) is 0 Å². The van der Waals surface area contributed by atoms with Crippen molar-refractivity contribution in [3.63, 3.8) is 0 Å². The van der Waals surface area contributed by atoms with E-state index in [0.29, 0.717) is 114 Å². The number of thioether (sulfide) groups is 2. The number of carboxylic acid groups (broad SMARTS) is 2. The number of amides is 2. The summed E-state index contributed by atoms with van der Waals surface area (Å²) in [7, 11) is -6.07. The summed E-state index contributed by atoms with van der Waals surface area (Å²) in [6.07, 6.45) is 12.3. The molecule has 4 fully saturated rings. The van der Waals surface area contributed by atoms with Crippen LogP contribution < -0.4 is 20.4 Å². The van der Waals surface area contributed by atoms with Gasteiger partial charge in [0, 0.05) is 25.4 Å². The SMILES string of the molecule is CCC[C@@]1(C(=O)[O-])CCCN1C(=O)[C@]1(CCSC)NP1(=O)CCc1ccccc1Cc1ccccc1.CCC[C@@]1(C(=O)[O-])CCCN1C(=O)[C@]1(CCSC)NP1(=O)CCc1ccccc1Cc1ccccc1.[Ca+2]. The second-order valence-electron chi connectivity index (χ2n) is 20.0. The van der Waals surface area contributed by atoms with Crippen LogP contribution in [0.25, 0.3) is 0 Å². The zero-order chi connectivity index (χ0) is 51.6. The molecule has 12 nitrogen and oxygen atoms in total. The number of carbonyl (C=O) groups is 4. The first kappa shape index (κ1) is 59.3. The van der Waals surface area contributed by atoms with Crippen LogP contribution in [0.4, 0.5) is 0 Å². The fourth-order valence-corrected chi connectivity index (χ4v) is 18.9. The number of carboxylic acids is 2. The molecule has 2 unspecified atom stereocenters. The average molecular weight is 1100 g/mol. The van der Waals surface area contributed by atoms with Gasteiger partial charge in [0.15, 0.2) is 25.1 Å². The molecule has 388 valence electrons. The number of rotatable bonds is 24. The molecular formula is C56H72CaN4O8P2S2. The van der Waals surface area contributed by atoms with Crippen molar-refractivity contribution in [3.05, 3.63) is 143 Å². The molecule has 0 saturated carbocycles. The summed E-state index contributed by atoms with van der Waals surface area (Å²) in [4.78, 5) is 55.4. The van der Waals surface area contributed by atoms with Crippen molar-refractivity contribution in [1.29, 1.82) is 0 Å². The van der Waals surface area contributed by atoms with E-state index in [4.69, 9.17) is 0 Å². The number of nitrogens with one attached hydrogen (secondary N) is 2. The Bertz CT molecular complexity index is 2470. The van der Waals surface area contributed by atoms with Gasteiger partial charge in [-0.3, -0.25) is 9.59 Å². The molecule has 0 bridgehead atoms. The van der Waals surface area contributed by atoms with Gasteiger partial charge in [0.05, 0.1) is 23.0 Å². The van der Waals surface area contributed by atoms with Crippen molar-refractivity contribution in [2.75, 3.05) is 49.4 Å². The zero-order valence-corrected chi connectivity index (χ0v) is 48.7. The number of aliphatic carboxylic acids is 2. The largest absolute Gasteiger partial charge is 2.00 e. The molecule has 2 N–H and O–H groups in total. The van der Waals surface area contributed by atoms with E-state index in [2.05, 4.69) is 58.7 Å². The number of nitrogens with zero attached hydrogens (tertiary/aromatic N) is 2. The van der Waals surface area contributed by atoms with Crippen LogP contribution in [0.3, 0.4) is 0 Å². The first-order chi connectivity index (χ1) is 34.6. The Morgan fingerprint density at radius 2 is 0.890 bits per heavy atom. The van der Waals surface area contributed by atoms with Crippen LogP contribution >= 0.6 is 38.1 Å². The van der Waals surface area contributed by atoms with Gasteiger partial charge < -0.3 is 38.7 Å². The summed E-state index contributed by atoms with van der Waals surface area (Å²) in [5.41, 5.74) is 4.49. The molecule has 0 spiro atoms. The van der Waals surface area contributed by atoms with Gasteiger partial charge in [-0.15, -0.1) is 0 Å². The van der Waals surface area contributed by atoms with Crippen LogP contribution in [-0.4, -0.2) is 142 Å². The Kier molecular flexibility index (Phi) is 21.1. The Balaban J connectivity index is 0.000000235. The third-order valence-corrected chi connectivity index (χ3v) is 23.1. The van der Waals surface area contributed by atoms with Gasteiger partial charge in [-0.1, -0.05) is 136 Å². The molecule has 6 atom stereocenters. The maximum absolute atomic E-state index is 14.1. The molecule has 4 aromatic rings. The first-order valence-electron chi connectivity index (χ1n) is 25.7. The molecule has 4 aliphatic rings. The van der Waals surface area contributed by atoms with E-state index < -0.39 is 48.2 Å². The molecule has 8 rings (SSSR count). The monoisotopic (exact) mass is 1090 g/mol. The van der Waals surface area contributed by atoms with E-state index in [1.54, 1.807) is 23.5 Å². The van der Waals surface area contributed by atoms with Gasteiger partial charge in [-0.2, -0.15) is 23.5 Å². The molecule has 4 heterocycles. The minimum Gasteiger partial charge on any atom is -0.548 e. The van der Waals surface area contributed by atoms with Crippen molar-refractivity contribution in [2.45, 2.75) is 125 Å². The topological polar surface area (TPSA) is 199 Å². The van der Waals surface area contributed by atoms with Crippen LogP contribution in [0.2, 0.25) is 0 Å². The molecule has 2 amide bonds. The summed E-state index contributed by atoms with van der Waals surface area (Å²) in [6, 6.07) is 36.9. The molecule has 4 aliphatic heterocycles. The van der Waals surface area contributed by atoms with E-state index in [-0.39, 0.29) is 49.6 Å². The van der Waals surface area contributed by atoms with Crippen LogP contribution in [0.5, 0.6) is 0 Å². The van der Waals surface area contributed by atoms with Gasteiger partial charge in [-0.05, 0) is 134 Å². The average Bonchev–Trinajstić information content (AvgIpc) is 3.94. The second-order valence-corrected chi connectivity index (χ2v) is 27.8. The number of likely N-dealkylation sites (tertiary alicyclic amines) is 2. The zero-order valence-electron chi connectivity index (χ0n) is 43.1. The molecule has 0 aromatic heterocycles. The first-order valence-corrected chi connectivity index (χ1v) is 32.2. The Morgan fingerprint density at radius 3 is 1.22 bits per heavy atom. The normalized spacial score (nSPS) is 26.8. The van der Waals surface area contributed by atoms with Crippen LogP contribution in [0.15, 0.2) is 109 Å². The van der Waals surface area contributed by atoms with E-state index in [1.165, 1.54) is 32.1 Å². The molecule has 17 heteroatoms. The molecular weight excluding hydrogens is 1020 g/mol. The fraction of sp³-hybridized carbons (Fsp3) is 0.500. The van der Waals surface area contributed by atoms with E-state index in [1.807, 2.05) is 87.0 Å². The van der Waals surface area contributed by atoms with Crippen LogP contribution in [-0.2, 0) is 54.0 Å². The quantitative estimate of drug-likeness (QED) is 0.0394. The number of hydrogen-bond acceptors (Lipinski definition) is 10. The summed E-state index contributed by atoms with van der Waals surface area (Å²) in [5.74, 6) is -1.66. The third kappa shape index (κ3) is 12.6. The Hall–Kier alpha value is -2.90. The Morgan fingerprint density at radius 1 is 0.548 bits per heavy atom. The Labute approximate surface area is 471 Å². The van der Waals surface area contributed by atoms with E-state index in [9.17, 15) is 38.5 Å². The number of carbonyl (C=O) groups excluding carboxylic acids is 4. The van der Waals surface area contributed by atoms with Gasteiger partial charge in [0.25, 0.3) is 11.8 Å². The standard InChI is InChI=1S/2C28H37N2O4PS.Ca/c2*1-3-15-27(26(32)33)16-9-18-30(27)25(31)28(17-20-36-2)29-35(28,34)19-14-23-12-7-8-13-24(23)21-22-10-5-4-6-11-22;/h2*4-8,10-13H,3,9,14-21H2,1-2H3,(H,29,34)(H,32,33);/q;;+2/p-2/t2*27-,28+,35?;/m00./s1. The molecule has 4 aromatic carbocycles. The van der Waals surface area contributed by atoms with Crippen molar-refractivity contribution in [1.82, 2.24) is 20.0 Å². The maximum Gasteiger partial charge on any atom is 2.00 e. The second kappa shape index (κ2) is 26.0. The van der Waals surface area contributed by atoms with E-state index >= 15 is 0 Å². The number of benzene rings is 4. The van der Waals surface area contributed by atoms with E-state index in [0.717, 1.165) is 24.0 Å². The predicted molar refractivity (Wildman–Crippen MR) is 294 cm³/mol. The molecule has 4 saturated heterocycles. The minimum absolute atomic E-state index is 0. The number of hydrogen-bond donors (Lipinski definition) is 2. The molecule has 0 radical (unpaired) electrons.